The van der Waals surface area contributed by atoms with Crippen molar-refractivity contribution in [3.05, 3.63) is 42.5 Å². The molecule has 0 unspecified atom stereocenters. The predicted octanol–water partition coefficient (Wildman–Crippen LogP) is 2.30. The molecule has 0 aliphatic heterocycles. The summed E-state index contributed by atoms with van der Waals surface area (Å²) in [5.41, 5.74) is 0.922. The van der Waals surface area contributed by atoms with Crippen LogP contribution in [-0.2, 0) is 16.0 Å². The lowest BCUT2D eigenvalue weighted by Gasteiger charge is -2.03. The lowest BCUT2D eigenvalue weighted by atomic mass is 10.1. The minimum absolute atomic E-state index is 0.191. The van der Waals surface area contributed by atoms with E-state index in [1.807, 2.05) is 6.92 Å². The van der Waals surface area contributed by atoms with Gasteiger partial charge in [-0.05, 0) is 17.7 Å². The standard InChI is InChI=1S/C13H14O3/c1-3-11(14)9-10-5-7-12(8-6-10)16-13(15)4-2/h4-8H,2-3,9H2,1H3. The topological polar surface area (TPSA) is 43.4 Å². The van der Waals surface area contributed by atoms with Gasteiger partial charge in [0.2, 0.25) is 0 Å². The summed E-state index contributed by atoms with van der Waals surface area (Å²) < 4.78 is 4.91. The first-order valence-electron chi connectivity index (χ1n) is 5.10. The summed E-state index contributed by atoms with van der Waals surface area (Å²) in [6.07, 6.45) is 2.06. The van der Waals surface area contributed by atoms with Crippen LogP contribution in [0.1, 0.15) is 18.9 Å². The Morgan fingerprint density at radius 1 is 1.31 bits per heavy atom. The average Bonchev–Trinajstić information content (AvgIpc) is 2.31. The summed E-state index contributed by atoms with van der Waals surface area (Å²) in [6, 6.07) is 6.89. The Balaban J connectivity index is 2.64. The van der Waals surface area contributed by atoms with Crippen LogP contribution in [0.3, 0.4) is 0 Å². The molecule has 0 aliphatic rings. The normalized spacial score (nSPS) is 9.56. The van der Waals surface area contributed by atoms with Crippen molar-refractivity contribution in [2.45, 2.75) is 19.8 Å². The van der Waals surface area contributed by atoms with E-state index in [-0.39, 0.29) is 5.78 Å². The molecule has 0 fully saturated rings. The molecule has 16 heavy (non-hydrogen) atoms. The van der Waals surface area contributed by atoms with Gasteiger partial charge in [0.1, 0.15) is 11.5 Å². The van der Waals surface area contributed by atoms with Gasteiger partial charge in [-0.1, -0.05) is 25.6 Å². The molecular formula is C13H14O3. The maximum Gasteiger partial charge on any atom is 0.335 e. The molecule has 3 heteroatoms. The molecule has 1 aromatic carbocycles. The highest BCUT2D eigenvalue weighted by atomic mass is 16.5. The van der Waals surface area contributed by atoms with Gasteiger partial charge < -0.3 is 4.74 Å². The van der Waals surface area contributed by atoms with Gasteiger partial charge in [-0.15, -0.1) is 0 Å². The molecule has 0 spiro atoms. The lowest BCUT2D eigenvalue weighted by Crippen LogP contribution is -2.03. The molecule has 3 nitrogen and oxygen atoms in total. The summed E-state index contributed by atoms with van der Waals surface area (Å²) in [5, 5.41) is 0. The minimum Gasteiger partial charge on any atom is -0.423 e. The van der Waals surface area contributed by atoms with E-state index in [2.05, 4.69) is 6.58 Å². The molecule has 84 valence electrons. The molecule has 0 saturated heterocycles. The monoisotopic (exact) mass is 218 g/mol. The Morgan fingerprint density at radius 3 is 2.44 bits per heavy atom. The van der Waals surface area contributed by atoms with Crippen molar-refractivity contribution in [3.63, 3.8) is 0 Å². The van der Waals surface area contributed by atoms with Crippen LogP contribution in [0.5, 0.6) is 5.75 Å². The van der Waals surface area contributed by atoms with Crippen LogP contribution in [0.15, 0.2) is 36.9 Å². The van der Waals surface area contributed by atoms with Crippen LogP contribution in [0.2, 0.25) is 0 Å². The third-order valence-electron chi connectivity index (χ3n) is 2.10. The second-order valence-corrected chi connectivity index (χ2v) is 3.34. The van der Waals surface area contributed by atoms with Crippen molar-refractivity contribution in [1.82, 2.24) is 0 Å². The first kappa shape index (κ1) is 12.2. The predicted molar refractivity (Wildman–Crippen MR) is 61.3 cm³/mol. The molecule has 0 saturated carbocycles. The largest absolute Gasteiger partial charge is 0.423 e. The number of hydrogen-bond acceptors (Lipinski definition) is 3. The van der Waals surface area contributed by atoms with Crippen molar-refractivity contribution >= 4 is 11.8 Å². The van der Waals surface area contributed by atoms with Crippen molar-refractivity contribution in [1.29, 1.82) is 0 Å². The number of carbonyl (C=O) groups is 2. The van der Waals surface area contributed by atoms with Crippen LogP contribution in [0.25, 0.3) is 0 Å². The van der Waals surface area contributed by atoms with Gasteiger partial charge in [0.15, 0.2) is 0 Å². The van der Waals surface area contributed by atoms with E-state index in [4.69, 9.17) is 4.74 Å². The lowest BCUT2D eigenvalue weighted by molar-refractivity contribution is -0.129. The number of esters is 1. The highest BCUT2D eigenvalue weighted by molar-refractivity contribution is 5.83. The Labute approximate surface area is 94.7 Å². The fourth-order valence-electron chi connectivity index (χ4n) is 1.19. The summed E-state index contributed by atoms with van der Waals surface area (Å²) in [5.74, 6) is 0.158. The molecule has 1 aromatic rings. The van der Waals surface area contributed by atoms with E-state index in [0.29, 0.717) is 18.6 Å². The number of hydrogen-bond donors (Lipinski definition) is 0. The second kappa shape index (κ2) is 5.85. The molecule has 0 amide bonds. The zero-order valence-corrected chi connectivity index (χ0v) is 9.23. The third-order valence-corrected chi connectivity index (χ3v) is 2.10. The Kier molecular flexibility index (Phi) is 4.45. The Bertz CT molecular complexity index is 390. The van der Waals surface area contributed by atoms with Gasteiger partial charge in [0.05, 0.1) is 0 Å². The molecule has 0 bridgehead atoms. The number of carbonyl (C=O) groups excluding carboxylic acids is 2. The molecule has 1 rings (SSSR count). The molecule has 0 aliphatic carbocycles. The van der Waals surface area contributed by atoms with Crippen LogP contribution in [-0.4, -0.2) is 11.8 Å². The van der Waals surface area contributed by atoms with Crippen molar-refractivity contribution < 1.29 is 14.3 Å². The Morgan fingerprint density at radius 2 is 1.94 bits per heavy atom. The summed E-state index contributed by atoms with van der Waals surface area (Å²) >= 11 is 0. The molecular weight excluding hydrogens is 204 g/mol. The van der Waals surface area contributed by atoms with Gasteiger partial charge in [-0.25, -0.2) is 4.79 Å². The molecule has 0 aromatic heterocycles. The maximum atomic E-state index is 11.2. The fraction of sp³-hybridized carbons (Fsp3) is 0.231. The minimum atomic E-state index is -0.489. The van der Waals surface area contributed by atoms with Crippen LogP contribution < -0.4 is 4.74 Å². The number of ether oxygens (including phenoxy) is 1. The van der Waals surface area contributed by atoms with E-state index < -0.39 is 5.97 Å². The number of rotatable bonds is 5. The van der Waals surface area contributed by atoms with Crippen molar-refractivity contribution in [2.75, 3.05) is 0 Å². The van der Waals surface area contributed by atoms with Gasteiger partial charge in [-0.3, -0.25) is 4.79 Å². The van der Waals surface area contributed by atoms with Crippen molar-refractivity contribution in [2.24, 2.45) is 0 Å². The zero-order valence-electron chi connectivity index (χ0n) is 9.23. The molecule has 0 N–H and O–H groups in total. The smallest absolute Gasteiger partial charge is 0.335 e. The van der Waals surface area contributed by atoms with Crippen LogP contribution in [0, 0.1) is 0 Å². The highest BCUT2D eigenvalue weighted by Gasteiger charge is 2.02. The third kappa shape index (κ3) is 3.69. The fourth-order valence-corrected chi connectivity index (χ4v) is 1.19. The Hall–Kier alpha value is -1.90. The van der Waals surface area contributed by atoms with E-state index in [9.17, 15) is 9.59 Å². The first-order valence-corrected chi connectivity index (χ1v) is 5.10. The molecule has 0 heterocycles. The van der Waals surface area contributed by atoms with E-state index in [1.165, 1.54) is 0 Å². The average molecular weight is 218 g/mol. The molecule has 0 atom stereocenters. The van der Waals surface area contributed by atoms with E-state index in [1.54, 1.807) is 24.3 Å². The van der Waals surface area contributed by atoms with Gasteiger partial charge in [-0.2, -0.15) is 0 Å². The summed E-state index contributed by atoms with van der Waals surface area (Å²) in [6.45, 7) is 5.14. The number of benzene rings is 1. The summed E-state index contributed by atoms with van der Waals surface area (Å²) in [7, 11) is 0. The van der Waals surface area contributed by atoms with Crippen LogP contribution >= 0.6 is 0 Å². The van der Waals surface area contributed by atoms with E-state index in [0.717, 1.165) is 11.6 Å². The van der Waals surface area contributed by atoms with E-state index >= 15 is 0 Å². The zero-order chi connectivity index (χ0) is 12.0. The number of Topliss-reactive ketones (excluding diaryl/α,β-unsaturated/α-hetero) is 1. The number of ketones is 1. The second-order valence-electron chi connectivity index (χ2n) is 3.34. The highest BCUT2D eigenvalue weighted by Crippen LogP contribution is 2.13. The SMILES string of the molecule is C=CC(=O)Oc1ccc(CC(=O)CC)cc1. The van der Waals surface area contributed by atoms with Gasteiger partial charge in [0, 0.05) is 18.9 Å². The van der Waals surface area contributed by atoms with Gasteiger partial charge >= 0.3 is 5.97 Å². The van der Waals surface area contributed by atoms with Gasteiger partial charge in [0.25, 0.3) is 0 Å². The first-order chi connectivity index (χ1) is 7.65. The molecule has 0 radical (unpaired) electrons. The van der Waals surface area contributed by atoms with Crippen molar-refractivity contribution in [3.8, 4) is 5.75 Å². The maximum absolute atomic E-state index is 11.2. The summed E-state index contributed by atoms with van der Waals surface area (Å²) in [4.78, 5) is 22.1. The quantitative estimate of drug-likeness (QED) is 0.432. The van der Waals surface area contributed by atoms with Crippen LogP contribution in [0.4, 0.5) is 0 Å².